The van der Waals surface area contributed by atoms with Gasteiger partial charge in [-0.15, -0.1) is 0 Å². The molecule has 0 aliphatic heterocycles. The van der Waals surface area contributed by atoms with Gasteiger partial charge in [-0.2, -0.15) is 26.3 Å². The van der Waals surface area contributed by atoms with Crippen molar-refractivity contribution in [3.05, 3.63) is 24.2 Å². The molecule has 0 unspecified atom stereocenters. The van der Waals surface area contributed by atoms with Gasteiger partial charge in [0.05, 0.1) is 12.8 Å². The molecule has 0 aliphatic carbocycles. The Balaban J connectivity index is 2.89. The summed E-state index contributed by atoms with van der Waals surface area (Å²) in [6.07, 6.45) is -4.00. The van der Waals surface area contributed by atoms with Crippen molar-refractivity contribution in [3.8, 4) is 0 Å². The summed E-state index contributed by atoms with van der Waals surface area (Å²) in [4.78, 5) is 10.9. The van der Waals surface area contributed by atoms with Crippen LogP contribution in [0.25, 0.3) is 0 Å². The second-order valence-electron chi connectivity index (χ2n) is 3.83. The van der Waals surface area contributed by atoms with E-state index >= 15 is 0 Å². The van der Waals surface area contributed by atoms with Crippen LogP contribution in [0.5, 0.6) is 0 Å². The van der Waals surface area contributed by atoms with Crippen molar-refractivity contribution in [2.75, 3.05) is 0 Å². The minimum atomic E-state index is -6.57. The number of amides is 1. The zero-order valence-electron chi connectivity index (χ0n) is 9.86. The van der Waals surface area contributed by atoms with Crippen LogP contribution in [0.15, 0.2) is 22.8 Å². The van der Waals surface area contributed by atoms with E-state index in [0.717, 1.165) is 6.26 Å². The van der Waals surface area contributed by atoms with Gasteiger partial charge in [-0.05, 0) is 12.1 Å². The van der Waals surface area contributed by atoms with Gasteiger partial charge in [0, 0.05) is 0 Å². The highest BCUT2D eigenvalue weighted by atomic mass is 19.4. The molecule has 0 bridgehead atoms. The third kappa shape index (κ3) is 2.95. The molecule has 120 valence electrons. The van der Waals surface area contributed by atoms with Crippen LogP contribution in [0.4, 0.5) is 35.1 Å². The lowest BCUT2D eigenvalue weighted by molar-refractivity contribution is -0.327. The van der Waals surface area contributed by atoms with Gasteiger partial charge in [0.1, 0.15) is 5.76 Å². The van der Waals surface area contributed by atoms with Gasteiger partial charge in [0.25, 0.3) is 5.91 Å². The van der Waals surface area contributed by atoms with E-state index in [2.05, 4.69) is 4.42 Å². The van der Waals surface area contributed by atoms with Crippen LogP contribution >= 0.6 is 0 Å². The van der Waals surface area contributed by atoms with E-state index in [1.807, 2.05) is 0 Å². The number of nitrogens with one attached hydrogen (secondary N) is 1. The Bertz CT molecular complexity index is 485. The molecule has 11 heteroatoms. The fourth-order valence-electron chi connectivity index (χ4n) is 1.18. The average Bonchev–Trinajstić information content (AvgIpc) is 2.88. The number of hydrogen-bond acceptors (Lipinski definition) is 2. The Hall–Kier alpha value is -1.81. The van der Waals surface area contributed by atoms with Crippen LogP contribution < -0.4 is 5.32 Å². The van der Waals surface area contributed by atoms with Crippen molar-refractivity contribution in [2.45, 2.75) is 30.7 Å². The van der Waals surface area contributed by atoms with Crippen molar-refractivity contribution in [3.63, 3.8) is 0 Å². The maximum atomic E-state index is 13.1. The highest BCUT2D eigenvalue weighted by Crippen LogP contribution is 2.48. The molecule has 0 atom stereocenters. The van der Waals surface area contributed by atoms with Gasteiger partial charge in [0.15, 0.2) is 0 Å². The average molecular weight is 325 g/mol. The topological polar surface area (TPSA) is 42.2 Å². The molecular weight excluding hydrogens is 318 g/mol. The molecule has 3 nitrogen and oxygen atoms in total. The third-order valence-corrected chi connectivity index (χ3v) is 2.38. The lowest BCUT2D eigenvalue weighted by atomic mass is 10.0. The van der Waals surface area contributed by atoms with Crippen molar-refractivity contribution in [1.29, 1.82) is 0 Å². The van der Waals surface area contributed by atoms with E-state index in [9.17, 15) is 39.9 Å². The molecule has 1 amide bonds. The summed E-state index contributed by atoms with van der Waals surface area (Å²) in [7, 11) is 0. The SMILES string of the molecule is O=C(NCc1ccco1)C(F)(F)C(F)(F)C(F)(F)C(F)F. The number of alkyl halides is 8. The van der Waals surface area contributed by atoms with Crippen LogP contribution in [-0.4, -0.2) is 30.1 Å². The highest BCUT2D eigenvalue weighted by molar-refractivity contribution is 5.84. The molecule has 0 aromatic carbocycles. The molecule has 0 aliphatic rings. The lowest BCUT2D eigenvalue weighted by Gasteiger charge is -2.31. The summed E-state index contributed by atoms with van der Waals surface area (Å²) in [5, 5.41) is 1.20. The maximum absolute atomic E-state index is 13.1. The van der Waals surface area contributed by atoms with Gasteiger partial charge in [-0.3, -0.25) is 4.79 Å². The normalized spacial score (nSPS) is 13.6. The van der Waals surface area contributed by atoms with Crippen LogP contribution in [0, 0.1) is 0 Å². The van der Waals surface area contributed by atoms with Crippen molar-refractivity contribution in [1.82, 2.24) is 5.32 Å². The van der Waals surface area contributed by atoms with E-state index in [4.69, 9.17) is 0 Å². The lowest BCUT2D eigenvalue weighted by Crippen LogP contribution is -2.62. The van der Waals surface area contributed by atoms with Crippen LogP contribution in [0.3, 0.4) is 0 Å². The van der Waals surface area contributed by atoms with Gasteiger partial charge < -0.3 is 9.73 Å². The smallest absolute Gasteiger partial charge is 0.392 e. The first-order valence-electron chi connectivity index (χ1n) is 5.17. The molecule has 0 radical (unpaired) electrons. The monoisotopic (exact) mass is 325 g/mol. The first kappa shape index (κ1) is 17.2. The van der Waals surface area contributed by atoms with Crippen LogP contribution in [0.1, 0.15) is 5.76 Å². The van der Waals surface area contributed by atoms with Crippen molar-refractivity contribution < 1.29 is 44.3 Å². The molecule has 21 heavy (non-hydrogen) atoms. The Kier molecular flexibility index (Phi) is 4.54. The van der Waals surface area contributed by atoms with Crippen LogP contribution in [0.2, 0.25) is 0 Å². The Morgan fingerprint density at radius 3 is 2.19 bits per heavy atom. The third-order valence-electron chi connectivity index (χ3n) is 2.38. The molecule has 1 N–H and O–H groups in total. The largest absolute Gasteiger partial charge is 0.467 e. The van der Waals surface area contributed by atoms with Gasteiger partial charge >= 0.3 is 24.2 Å². The summed E-state index contributed by atoms with van der Waals surface area (Å²) in [6, 6.07) is 2.45. The zero-order valence-corrected chi connectivity index (χ0v) is 9.86. The highest BCUT2D eigenvalue weighted by Gasteiger charge is 2.78. The summed E-state index contributed by atoms with van der Waals surface area (Å²) in [5.74, 6) is -22.0. The van der Waals surface area contributed by atoms with Crippen molar-refractivity contribution in [2.24, 2.45) is 0 Å². The number of carbonyl (C=O) groups is 1. The maximum Gasteiger partial charge on any atom is 0.392 e. The molecule has 0 saturated heterocycles. The summed E-state index contributed by atoms with van der Waals surface area (Å²) in [5.41, 5.74) is 0. The molecule has 1 aromatic heterocycles. The second kappa shape index (κ2) is 5.53. The molecule has 1 rings (SSSR count). The Morgan fingerprint density at radius 2 is 1.76 bits per heavy atom. The predicted octanol–water partition coefficient (Wildman–Crippen LogP) is 3.07. The Labute approximate surface area is 111 Å². The van der Waals surface area contributed by atoms with Gasteiger partial charge in [0.2, 0.25) is 0 Å². The first-order valence-corrected chi connectivity index (χ1v) is 5.17. The minimum absolute atomic E-state index is 0.136. The zero-order chi connectivity index (χ0) is 16.5. The number of carbonyl (C=O) groups excluding carboxylic acids is 1. The van der Waals surface area contributed by atoms with E-state index in [-0.39, 0.29) is 5.76 Å². The molecule has 1 aromatic rings. The minimum Gasteiger partial charge on any atom is -0.467 e. The first-order chi connectivity index (χ1) is 9.44. The summed E-state index contributed by atoms with van der Waals surface area (Å²) in [6.45, 7) is -0.808. The fourth-order valence-corrected chi connectivity index (χ4v) is 1.18. The molecular formula is C10H7F8NO2. The summed E-state index contributed by atoms with van der Waals surface area (Å²) >= 11 is 0. The fraction of sp³-hybridized carbons (Fsp3) is 0.500. The van der Waals surface area contributed by atoms with E-state index in [1.165, 1.54) is 17.4 Å². The standard InChI is InChI=1S/C10H7F8NO2/c11-6(12)8(13,14)10(17,18)9(15,16)7(20)19-4-5-2-1-3-21-5/h1-3,6H,4H2,(H,19,20). The van der Waals surface area contributed by atoms with Crippen LogP contribution in [-0.2, 0) is 11.3 Å². The Morgan fingerprint density at radius 1 is 1.19 bits per heavy atom. The number of rotatable bonds is 6. The summed E-state index contributed by atoms with van der Waals surface area (Å²) < 4.78 is 105. The quantitative estimate of drug-likeness (QED) is 0.817. The predicted molar refractivity (Wildman–Crippen MR) is 51.4 cm³/mol. The molecule has 0 spiro atoms. The number of furan rings is 1. The molecule has 0 saturated carbocycles. The van der Waals surface area contributed by atoms with E-state index < -0.39 is 36.6 Å². The van der Waals surface area contributed by atoms with Gasteiger partial charge in [-0.1, -0.05) is 0 Å². The van der Waals surface area contributed by atoms with E-state index in [0.29, 0.717) is 0 Å². The molecule has 1 heterocycles. The molecule has 0 fully saturated rings. The van der Waals surface area contributed by atoms with Crippen molar-refractivity contribution >= 4 is 5.91 Å². The number of halogens is 8. The van der Waals surface area contributed by atoms with E-state index in [1.54, 1.807) is 0 Å². The van der Waals surface area contributed by atoms with Gasteiger partial charge in [-0.25, -0.2) is 8.78 Å². The second-order valence-corrected chi connectivity index (χ2v) is 3.83. The number of hydrogen-bond donors (Lipinski definition) is 1.